The Morgan fingerprint density at radius 3 is 3.21 bits per heavy atom. The molecule has 3 aliphatic rings. The Balaban J connectivity index is 2.10. The van der Waals surface area contributed by atoms with E-state index < -0.39 is 0 Å². The highest BCUT2D eigenvalue weighted by Crippen LogP contribution is 2.40. The monoisotopic (exact) mass is 185 g/mol. The molecule has 0 saturated carbocycles. The zero-order valence-corrected chi connectivity index (χ0v) is 8.53. The van der Waals surface area contributed by atoms with Crippen LogP contribution in [0, 0.1) is 5.92 Å². The summed E-state index contributed by atoms with van der Waals surface area (Å²) in [6, 6.07) is 0.498. The first-order valence-corrected chi connectivity index (χ1v) is 5.50. The molecule has 14 heavy (non-hydrogen) atoms. The van der Waals surface area contributed by atoms with E-state index in [-0.39, 0.29) is 0 Å². The molecule has 0 fully saturated rings. The molecule has 0 aromatic carbocycles. The molecule has 0 saturated heterocycles. The van der Waals surface area contributed by atoms with Gasteiger partial charge in [0.05, 0.1) is 0 Å². The van der Waals surface area contributed by atoms with Gasteiger partial charge in [0.1, 0.15) is 0 Å². The molecule has 0 aromatic rings. The second-order valence-electron chi connectivity index (χ2n) is 4.50. The van der Waals surface area contributed by atoms with Crippen molar-refractivity contribution in [3.05, 3.63) is 34.9 Å². The van der Waals surface area contributed by atoms with Crippen LogP contribution < -0.4 is 0 Å². The predicted molar refractivity (Wildman–Crippen MR) is 59.5 cm³/mol. The second kappa shape index (κ2) is 2.94. The third kappa shape index (κ3) is 1.12. The average molecular weight is 185 g/mol. The lowest BCUT2D eigenvalue weighted by atomic mass is 9.81. The first kappa shape index (κ1) is 8.22. The first-order valence-electron chi connectivity index (χ1n) is 5.50. The first-order chi connectivity index (χ1) is 6.84. The van der Waals surface area contributed by atoms with Crippen LogP contribution in [-0.4, -0.2) is 12.3 Å². The van der Waals surface area contributed by atoms with Crippen molar-refractivity contribution in [2.75, 3.05) is 0 Å². The van der Waals surface area contributed by atoms with E-state index in [0.29, 0.717) is 6.04 Å². The molecule has 0 N–H and O–H groups in total. The second-order valence-corrected chi connectivity index (χ2v) is 4.50. The predicted octanol–water partition coefficient (Wildman–Crippen LogP) is 3.05. The molecule has 2 atom stereocenters. The van der Waals surface area contributed by atoms with Crippen molar-refractivity contribution in [1.29, 1.82) is 0 Å². The summed E-state index contributed by atoms with van der Waals surface area (Å²) in [4.78, 5) is 4.57. The molecule has 1 heterocycles. The van der Waals surface area contributed by atoms with Gasteiger partial charge in [0.25, 0.3) is 0 Å². The van der Waals surface area contributed by atoms with Crippen molar-refractivity contribution in [3.63, 3.8) is 0 Å². The Kier molecular flexibility index (Phi) is 1.73. The number of allylic oxidation sites excluding steroid dienone is 6. The summed E-state index contributed by atoms with van der Waals surface area (Å²) in [6.07, 6.45) is 12.7. The smallest absolute Gasteiger partial charge is 0.0477 e. The normalized spacial score (nSPS) is 34.2. The van der Waals surface area contributed by atoms with Crippen LogP contribution in [0.25, 0.3) is 0 Å². The number of hydrogen-bond donors (Lipinski definition) is 0. The average Bonchev–Trinajstić information content (AvgIpc) is 2.51. The van der Waals surface area contributed by atoms with Crippen LogP contribution in [0.2, 0.25) is 0 Å². The quantitative estimate of drug-likeness (QED) is 0.550. The molecule has 72 valence electrons. The molecule has 2 aliphatic carbocycles. The Morgan fingerprint density at radius 2 is 2.29 bits per heavy atom. The van der Waals surface area contributed by atoms with Crippen LogP contribution in [0.1, 0.15) is 26.2 Å². The standard InChI is InChI=1S/C13H15N/c1-9-7-11-4-2-3-10-5-6-12(8-14-9)13(10)11/h3,5-6,8-9,11H,2,4,7H2,1H3. The van der Waals surface area contributed by atoms with E-state index in [1.807, 2.05) is 0 Å². The SMILES string of the molecule is CC1CC2CCC=C3C=CC(=C32)C=N1. The van der Waals surface area contributed by atoms with Gasteiger partial charge in [-0.2, -0.15) is 0 Å². The van der Waals surface area contributed by atoms with Crippen molar-refractivity contribution in [2.45, 2.75) is 32.2 Å². The molecule has 1 aliphatic heterocycles. The van der Waals surface area contributed by atoms with E-state index in [9.17, 15) is 0 Å². The van der Waals surface area contributed by atoms with Gasteiger partial charge in [-0.1, -0.05) is 18.2 Å². The Morgan fingerprint density at radius 1 is 1.36 bits per heavy atom. The van der Waals surface area contributed by atoms with Gasteiger partial charge in [0.2, 0.25) is 0 Å². The molecular formula is C13H15N. The molecule has 0 spiro atoms. The summed E-state index contributed by atoms with van der Waals surface area (Å²) in [5.41, 5.74) is 4.41. The van der Waals surface area contributed by atoms with Gasteiger partial charge >= 0.3 is 0 Å². The maximum absolute atomic E-state index is 4.57. The highest BCUT2D eigenvalue weighted by molar-refractivity contribution is 5.88. The number of hydrogen-bond acceptors (Lipinski definition) is 1. The van der Waals surface area contributed by atoms with Crippen LogP contribution in [0.15, 0.2) is 39.9 Å². The van der Waals surface area contributed by atoms with Crippen LogP contribution in [0.4, 0.5) is 0 Å². The molecule has 2 unspecified atom stereocenters. The fourth-order valence-corrected chi connectivity index (χ4v) is 2.79. The molecule has 1 heteroatoms. The van der Waals surface area contributed by atoms with Crippen molar-refractivity contribution in [3.8, 4) is 0 Å². The van der Waals surface area contributed by atoms with Crippen molar-refractivity contribution < 1.29 is 0 Å². The van der Waals surface area contributed by atoms with E-state index in [4.69, 9.17) is 0 Å². The van der Waals surface area contributed by atoms with E-state index in [0.717, 1.165) is 5.92 Å². The Bertz CT molecular complexity index is 382. The molecular weight excluding hydrogens is 170 g/mol. The van der Waals surface area contributed by atoms with Gasteiger partial charge < -0.3 is 0 Å². The van der Waals surface area contributed by atoms with E-state index in [2.05, 4.69) is 36.4 Å². The maximum Gasteiger partial charge on any atom is 0.0477 e. The van der Waals surface area contributed by atoms with Gasteiger partial charge in [0.15, 0.2) is 0 Å². The van der Waals surface area contributed by atoms with Crippen molar-refractivity contribution in [1.82, 2.24) is 0 Å². The van der Waals surface area contributed by atoms with Gasteiger partial charge in [-0.05, 0) is 48.8 Å². The Hall–Kier alpha value is -1.11. The third-order valence-electron chi connectivity index (χ3n) is 3.45. The molecule has 0 amide bonds. The van der Waals surface area contributed by atoms with E-state index >= 15 is 0 Å². The lowest BCUT2D eigenvalue weighted by Gasteiger charge is -2.24. The minimum atomic E-state index is 0.498. The van der Waals surface area contributed by atoms with Gasteiger partial charge in [-0.25, -0.2) is 0 Å². The minimum absolute atomic E-state index is 0.498. The number of nitrogens with zero attached hydrogens (tertiary/aromatic N) is 1. The third-order valence-corrected chi connectivity index (χ3v) is 3.45. The van der Waals surface area contributed by atoms with Gasteiger partial charge in [-0.15, -0.1) is 0 Å². The summed E-state index contributed by atoms with van der Waals surface area (Å²) in [5.74, 6) is 0.762. The van der Waals surface area contributed by atoms with Gasteiger partial charge in [0, 0.05) is 12.3 Å². The topological polar surface area (TPSA) is 12.4 Å². The molecule has 0 radical (unpaired) electrons. The zero-order chi connectivity index (χ0) is 9.54. The summed E-state index contributed by atoms with van der Waals surface area (Å²) in [7, 11) is 0. The highest BCUT2D eigenvalue weighted by Gasteiger charge is 2.28. The zero-order valence-electron chi connectivity index (χ0n) is 8.53. The summed E-state index contributed by atoms with van der Waals surface area (Å²) in [5, 5.41) is 0. The van der Waals surface area contributed by atoms with E-state index in [1.54, 1.807) is 5.57 Å². The maximum atomic E-state index is 4.57. The van der Waals surface area contributed by atoms with Crippen molar-refractivity contribution >= 4 is 6.21 Å². The molecule has 0 aromatic heterocycles. The largest absolute Gasteiger partial charge is 0.290 e. The lowest BCUT2D eigenvalue weighted by Crippen LogP contribution is -2.13. The Labute approximate surface area is 84.9 Å². The number of aliphatic imine (C=N–C) groups is 1. The van der Waals surface area contributed by atoms with Crippen molar-refractivity contribution in [2.24, 2.45) is 10.9 Å². The summed E-state index contributed by atoms with van der Waals surface area (Å²) in [6.45, 7) is 2.22. The van der Waals surface area contributed by atoms with E-state index in [1.165, 1.54) is 30.4 Å². The van der Waals surface area contributed by atoms with Crippen LogP contribution in [-0.2, 0) is 0 Å². The molecule has 1 nitrogen and oxygen atoms in total. The van der Waals surface area contributed by atoms with Crippen LogP contribution in [0.5, 0.6) is 0 Å². The van der Waals surface area contributed by atoms with Crippen LogP contribution in [0.3, 0.4) is 0 Å². The number of rotatable bonds is 0. The fourth-order valence-electron chi connectivity index (χ4n) is 2.79. The summed E-state index contributed by atoms with van der Waals surface area (Å²) < 4.78 is 0. The van der Waals surface area contributed by atoms with Gasteiger partial charge in [-0.3, -0.25) is 4.99 Å². The highest BCUT2D eigenvalue weighted by atomic mass is 14.8. The molecule has 3 rings (SSSR count). The van der Waals surface area contributed by atoms with Crippen LogP contribution >= 0.6 is 0 Å². The minimum Gasteiger partial charge on any atom is -0.290 e. The lowest BCUT2D eigenvalue weighted by molar-refractivity contribution is 0.477. The summed E-state index contributed by atoms with van der Waals surface area (Å²) >= 11 is 0. The molecule has 0 bridgehead atoms. The fraction of sp³-hybridized carbons (Fsp3) is 0.462.